The highest BCUT2D eigenvalue weighted by molar-refractivity contribution is 6.16. The smallest absolute Gasteiger partial charge is 0.233 e. The molecule has 3 heteroatoms. The van der Waals surface area contributed by atoms with Gasteiger partial charge in [-0.05, 0) is 30.0 Å². The van der Waals surface area contributed by atoms with E-state index in [2.05, 4.69) is 13.8 Å². The van der Waals surface area contributed by atoms with Crippen molar-refractivity contribution in [3.63, 3.8) is 0 Å². The molecule has 0 radical (unpaired) electrons. The first kappa shape index (κ1) is 11.8. The van der Waals surface area contributed by atoms with Crippen LogP contribution in [0.25, 0.3) is 0 Å². The van der Waals surface area contributed by atoms with Crippen molar-refractivity contribution in [1.29, 1.82) is 0 Å². The fourth-order valence-electron chi connectivity index (χ4n) is 2.05. The molecular weight excluding hydrogens is 214 g/mol. The maximum absolute atomic E-state index is 11.7. The standard InChI is InChI=1S/C14H17NO2/c1-10(2)11-6-8-12(9-7-11)15-13(16)4-3-5-14(15)17/h6-10H,3-5H2,1-2H3. The SMILES string of the molecule is CC(C)c1ccc(N2C(=O)CCCC2=O)cc1. The Morgan fingerprint density at radius 3 is 2.00 bits per heavy atom. The molecule has 1 aromatic rings. The lowest BCUT2D eigenvalue weighted by atomic mass is 10.0. The molecule has 1 saturated heterocycles. The van der Waals surface area contributed by atoms with Crippen molar-refractivity contribution < 1.29 is 9.59 Å². The monoisotopic (exact) mass is 231 g/mol. The van der Waals surface area contributed by atoms with E-state index in [4.69, 9.17) is 0 Å². The summed E-state index contributed by atoms with van der Waals surface area (Å²) in [5.74, 6) is 0.286. The molecule has 2 amide bonds. The number of carbonyl (C=O) groups excluding carboxylic acids is 2. The van der Waals surface area contributed by atoms with Crippen molar-refractivity contribution in [1.82, 2.24) is 0 Å². The topological polar surface area (TPSA) is 37.4 Å². The molecule has 17 heavy (non-hydrogen) atoms. The summed E-state index contributed by atoms with van der Waals surface area (Å²) in [6, 6.07) is 7.68. The fraction of sp³-hybridized carbons (Fsp3) is 0.429. The van der Waals surface area contributed by atoms with Crippen molar-refractivity contribution in [2.24, 2.45) is 0 Å². The lowest BCUT2D eigenvalue weighted by molar-refractivity contribution is -0.129. The van der Waals surface area contributed by atoms with Gasteiger partial charge in [0.1, 0.15) is 0 Å². The van der Waals surface area contributed by atoms with E-state index in [-0.39, 0.29) is 11.8 Å². The van der Waals surface area contributed by atoms with Gasteiger partial charge in [0.05, 0.1) is 5.69 Å². The average molecular weight is 231 g/mol. The lowest BCUT2D eigenvalue weighted by Gasteiger charge is -2.25. The molecule has 1 fully saturated rings. The minimum absolute atomic E-state index is 0.0847. The van der Waals surface area contributed by atoms with Crippen molar-refractivity contribution in [3.05, 3.63) is 29.8 Å². The Balaban J connectivity index is 2.26. The third-order valence-corrected chi connectivity index (χ3v) is 3.10. The second-order valence-electron chi connectivity index (χ2n) is 4.72. The second kappa shape index (κ2) is 4.70. The Kier molecular flexibility index (Phi) is 3.27. The first-order chi connectivity index (χ1) is 8.09. The summed E-state index contributed by atoms with van der Waals surface area (Å²) in [7, 11) is 0. The van der Waals surface area contributed by atoms with Crippen molar-refractivity contribution in [3.8, 4) is 0 Å². The van der Waals surface area contributed by atoms with Crippen LogP contribution in [0.5, 0.6) is 0 Å². The number of hydrogen-bond donors (Lipinski definition) is 0. The molecule has 90 valence electrons. The number of imide groups is 1. The summed E-state index contributed by atoms with van der Waals surface area (Å²) in [5.41, 5.74) is 1.91. The summed E-state index contributed by atoms with van der Waals surface area (Å²) in [4.78, 5) is 24.8. The number of hydrogen-bond acceptors (Lipinski definition) is 2. The molecule has 0 bridgehead atoms. The largest absolute Gasteiger partial charge is 0.274 e. The summed E-state index contributed by atoms with van der Waals surface area (Å²) in [6.07, 6.45) is 1.62. The van der Waals surface area contributed by atoms with Gasteiger partial charge >= 0.3 is 0 Å². The molecule has 1 heterocycles. The molecule has 0 aromatic heterocycles. The fourth-order valence-corrected chi connectivity index (χ4v) is 2.05. The predicted octanol–water partition coefficient (Wildman–Crippen LogP) is 2.85. The zero-order chi connectivity index (χ0) is 12.4. The molecule has 0 aliphatic carbocycles. The number of nitrogens with zero attached hydrogens (tertiary/aromatic N) is 1. The minimum Gasteiger partial charge on any atom is -0.274 e. The molecule has 1 aromatic carbocycles. The highest BCUT2D eigenvalue weighted by atomic mass is 16.2. The Labute approximate surface area is 101 Å². The van der Waals surface area contributed by atoms with Crippen molar-refractivity contribution >= 4 is 17.5 Å². The zero-order valence-electron chi connectivity index (χ0n) is 10.3. The van der Waals surface area contributed by atoms with Gasteiger partial charge in [0.15, 0.2) is 0 Å². The molecule has 0 spiro atoms. The Hall–Kier alpha value is -1.64. The van der Waals surface area contributed by atoms with Crippen LogP contribution in [0.3, 0.4) is 0 Å². The van der Waals surface area contributed by atoms with E-state index in [1.807, 2.05) is 24.3 Å². The molecule has 1 aliphatic rings. The Morgan fingerprint density at radius 2 is 1.53 bits per heavy atom. The minimum atomic E-state index is -0.0847. The van der Waals surface area contributed by atoms with Crippen LogP contribution in [-0.2, 0) is 9.59 Å². The molecule has 3 nitrogen and oxygen atoms in total. The normalized spacial score (nSPS) is 16.8. The van der Waals surface area contributed by atoms with Gasteiger partial charge in [0.25, 0.3) is 0 Å². The van der Waals surface area contributed by atoms with Crippen molar-refractivity contribution in [2.75, 3.05) is 4.90 Å². The first-order valence-corrected chi connectivity index (χ1v) is 6.05. The summed E-state index contributed by atoms with van der Waals surface area (Å²) in [6.45, 7) is 4.23. The molecule has 1 aliphatic heterocycles. The molecule has 0 atom stereocenters. The lowest BCUT2D eigenvalue weighted by Crippen LogP contribution is -2.40. The van der Waals surface area contributed by atoms with Crippen LogP contribution >= 0.6 is 0 Å². The van der Waals surface area contributed by atoms with Gasteiger partial charge in [-0.2, -0.15) is 0 Å². The van der Waals surface area contributed by atoms with Crippen LogP contribution in [0.2, 0.25) is 0 Å². The van der Waals surface area contributed by atoms with Gasteiger partial charge in [-0.1, -0.05) is 26.0 Å². The quantitative estimate of drug-likeness (QED) is 0.734. The van der Waals surface area contributed by atoms with E-state index in [1.165, 1.54) is 10.5 Å². The van der Waals surface area contributed by atoms with Gasteiger partial charge in [0.2, 0.25) is 11.8 Å². The number of piperidine rings is 1. The van der Waals surface area contributed by atoms with E-state index in [9.17, 15) is 9.59 Å². The summed E-state index contributed by atoms with van der Waals surface area (Å²) in [5, 5.41) is 0. The van der Waals surface area contributed by atoms with Crippen LogP contribution in [0.15, 0.2) is 24.3 Å². The summed E-state index contributed by atoms with van der Waals surface area (Å²) >= 11 is 0. The van der Waals surface area contributed by atoms with Crippen LogP contribution in [0.1, 0.15) is 44.6 Å². The van der Waals surface area contributed by atoms with Crippen LogP contribution < -0.4 is 4.90 Å². The van der Waals surface area contributed by atoms with Crippen molar-refractivity contribution in [2.45, 2.75) is 39.0 Å². The number of amides is 2. The number of rotatable bonds is 2. The van der Waals surface area contributed by atoms with E-state index in [0.29, 0.717) is 30.9 Å². The Morgan fingerprint density at radius 1 is 1.00 bits per heavy atom. The summed E-state index contributed by atoms with van der Waals surface area (Å²) < 4.78 is 0. The number of benzene rings is 1. The van der Waals surface area contributed by atoms with E-state index in [1.54, 1.807) is 0 Å². The van der Waals surface area contributed by atoms with E-state index in [0.717, 1.165) is 0 Å². The highest BCUT2D eigenvalue weighted by Gasteiger charge is 2.27. The molecule has 2 rings (SSSR count). The molecule has 0 N–H and O–H groups in total. The van der Waals surface area contributed by atoms with E-state index >= 15 is 0 Å². The first-order valence-electron chi connectivity index (χ1n) is 6.05. The van der Waals surface area contributed by atoms with Gasteiger partial charge in [-0.15, -0.1) is 0 Å². The average Bonchev–Trinajstić information content (AvgIpc) is 2.29. The number of carbonyl (C=O) groups is 2. The van der Waals surface area contributed by atoms with Gasteiger partial charge < -0.3 is 0 Å². The Bertz CT molecular complexity index is 418. The maximum atomic E-state index is 11.7. The molecular formula is C14H17NO2. The maximum Gasteiger partial charge on any atom is 0.233 e. The van der Waals surface area contributed by atoms with E-state index < -0.39 is 0 Å². The highest BCUT2D eigenvalue weighted by Crippen LogP contribution is 2.24. The van der Waals surface area contributed by atoms with Crippen LogP contribution in [0, 0.1) is 0 Å². The van der Waals surface area contributed by atoms with Gasteiger partial charge in [-0.25, -0.2) is 0 Å². The van der Waals surface area contributed by atoms with Crippen LogP contribution in [0.4, 0.5) is 5.69 Å². The predicted molar refractivity (Wildman–Crippen MR) is 66.9 cm³/mol. The van der Waals surface area contributed by atoms with Crippen LogP contribution in [-0.4, -0.2) is 11.8 Å². The van der Waals surface area contributed by atoms with Gasteiger partial charge in [0, 0.05) is 12.8 Å². The third-order valence-electron chi connectivity index (χ3n) is 3.10. The zero-order valence-corrected chi connectivity index (χ0v) is 10.3. The third kappa shape index (κ3) is 2.38. The number of anilines is 1. The second-order valence-corrected chi connectivity index (χ2v) is 4.72. The van der Waals surface area contributed by atoms with Gasteiger partial charge in [-0.3, -0.25) is 14.5 Å². The molecule has 0 saturated carbocycles. The molecule has 0 unspecified atom stereocenters.